The molecule has 0 saturated carbocycles. The third-order valence-corrected chi connectivity index (χ3v) is 2.71. The minimum atomic E-state index is -1.43. The Hall–Kier alpha value is -1.46. The summed E-state index contributed by atoms with van der Waals surface area (Å²) in [5, 5.41) is 9.94. The number of esters is 1. The number of halogens is 1. The average Bonchev–Trinajstić information content (AvgIpc) is 2.36. The number of ether oxygens (including phenoxy) is 3. The zero-order chi connectivity index (χ0) is 12.4. The largest absolute Gasteiger partial charge is 0.486 e. The predicted octanol–water partition coefficient (Wildman–Crippen LogP) is 1.32. The fourth-order valence-electron chi connectivity index (χ4n) is 1.53. The molecule has 1 aliphatic rings. The Morgan fingerprint density at radius 2 is 2.00 bits per heavy atom. The van der Waals surface area contributed by atoms with Crippen molar-refractivity contribution >= 4 is 17.6 Å². The fraction of sp³-hybridized carbons (Fsp3) is 0.364. The second-order valence-electron chi connectivity index (χ2n) is 3.44. The maximum Gasteiger partial charge on any atom is 0.339 e. The van der Waals surface area contributed by atoms with Crippen LogP contribution in [0.25, 0.3) is 0 Å². The summed E-state index contributed by atoms with van der Waals surface area (Å²) >= 11 is 5.95. The second kappa shape index (κ2) is 4.81. The Morgan fingerprint density at radius 3 is 2.59 bits per heavy atom. The topological polar surface area (TPSA) is 65.0 Å². The summed E-state index contributed by atoms with van der Waals surface area (Å²) in [5.41, 5.74) is 0.239. The molecule has 0 amide bonds. The van der Waals surface area contributed by atoms with Crippen LogP contribution in [0.4, 0.5) is 0 Å². The second-order valence-corrected chi connectivity index (χ2v) is 3.85. The molecule has 6 heteroatoms. The Balaban J connectivity index is 2.37. The minimum absolute atomic E-state index is 0.229. The molecule has 17 heavy (non-hydrogen) atoms. The Morgan fingerprint density at radius 1 is 1.41 bits per heavy atom. The van der Waals surface area contributed by atoms with Gasteiger partial charge in [-0.15, -0.1) is 0 Å². The maximum absolute atomic E-state index is 11.2. The lowest BCUT2D eigenvalue weighted by Crippen LogP contribution is -2.18. The van der Waals surface area contributed by atoms with Gasteiger partial charge in [-0.05, 0) is 6.07 Å². The van der Waals surface area contributed by atoms with E-state index in [4.69, 9.17) is 21.1 Å². The van der Waals surface area contributed by atoms with Crippen molar-refractivity contribution < 1.29 is 24.1 Å². The molecule has 92 valence electrons. The lowest BCUT2D eigenvalue weighted by molar-refractivity contribution is -0.150. The molecular weight excluding hydrogens is 248 g/mol. The summed E-state index contributed by atoms with van der Waals surface area (Å²) in [5.74, 6) is 0.184. The Kier molecular flexibility index (Phi) is 3.40. The number of hydrogen-bond acceptors (Lipinski definition) is 5. The van der Waals surface area contributed by atoms with Crippen LogP contribution in [0.5, 0.6) is 11.5 Å². The summed E-state index contributed by atoms with van der Waals surface area (Å²) in [6.45, 7) is 0.866. The van der Waals surface area contributed by atoms with Gasteiger partial charge in [-0.25, -0.2) is 4.79 Å². The first-order chi connectivity index (χ1) is 8.13. The average molecular weight is 259 g/mol. The number of hydrogen-bond donors (Lipinski definition) is 1. The quantitative estimate of drug-likeness (QED) is 0.811. The van der Waals surface area contributed by atoms with Gasteiger partial charge in [0.1, 0.15) is 13.2 Å². The van der Waals surface area contributed by atoms with Crippen molar-refractivity contribution in [2.24, 2.45) is 0 Å². The fourth-order valence-corrected chi connectivity index (χ4v) is 1.78. The Bertz CT molecular complexity index is 446. The van der Waals surface area contributed by atoms with Crippen molar-refractivity contribution in [1.82, 2.24) is 0 Å². The van der Waals surface area contributed by atoms with Crippen LogP contribution >= 0.6 is 11.6 Å². The van der Waals surface area contributed by atoms with E-state index in [-0.39, 0.29) is 10.6 Å². The number of aliphatic hydroxyl groups is 1. The lowest BCUT2D eigenvalue weighted by Gasteiger charge is -2.20. The van der Waals surface area contributed by atoms with Gasteiger partial charge in [-0.3, -0.25) is 0 Å². The van der Waals surface area contributed by atoms with Gasteiger partial charge in [0.2, 0.25) is 0 Å². The number of carbonyl (C=O) groups is 1. The van der Waals surface area contributed by atoms with Crippen molar-refractivity contribution in [2.75, 3.05) is 20.3 Å². The van der Waals surface area contributed by atoms with Gasteiger partial charge in [-0.2, -0.15) is 0 Å². The molecule has 1 heterocycles. The van der Waals surface area contributed by atoms with E-state index in [0.717, 1.165) is 0 Å². The summed E-state index contributed by atoms with van der Waals surface area (Å²) < 4.78 is 15.1. The summed E-state index contributed by atoms with van der Waals surface area (Å²) in [6.07, 6.45) is -1.43. The molecule has 1 atom stereocenters. The molecule has 1 aromatic rings. The van der Waals surface area contributed by atoms with Crippen LogP contribution in [0, 0.1) is 0 Å². The lowest BCUT2D eigenvalue weighted by atomic mass is 10.1. The molecule has 0 aromatic heterocycles. The van der Waals surface area contributed by atoms with Gasteiger partial charge in [0.05, 0.1) is 12.1 Å². The molecule has 1 aromatic carbocycles. The number of benzene rings is 1. The monoisotopic (exact) mass is 258 g/mol. The van der Waals surface area contributed by atoms with Crippen LogP contribution in [0.2, 0.25) is 5.02 Å². The van der Waals surface area contributed by atoms with Crippen LogP contribution in [0.1, 0.15) is 11.7 Å². The molecule has 0 saturated heterocycles. The van der Waals surface area contributed by atoms with E-state index >= 15 is 0 Å². The van der Waals surface area contributed by atoms with Crippen LogP contribution in [0.15, 0.2) is 12.1 Å². The maximum atomic E-state index is 11.2. The molecule has 0 aliphatic carbocycles. The van der Waals surface area contributed by atoms with Crippen LogP contribution in [0.3, 0.4) is 0 Å². The van der Waals surface area contributed by atoms with Crippen molar-refractivity contribution in [1.29, 1.82) is 0 Å². The van der Waals surface area contributed by atoms with Crippen LogP contribution < -0.4 is 9.47 Å². The van der Waals surface area contributed by atoms with E-state index in [2.05, 4.69) is 4.74 Å². The van der Waals surface area contributed by atoms with Gasteiger partial charge in [0.25, 0.3) is 0 Å². The first-order valence-electron chi connectivity index (χ1n) is 4.98. The standard InChI is InChI=1S/C11H11ClO5/c1-15-11(14)10(13)6-4-8-9(5-7(6)12)17-3-2-16-8/h4-5,10,13H,2-3H2,1H3. The van der Waals surface area contributed by atoms with E-state index < -0.39 is 12.1 Å². The molecule has 1 unspecified atom stereocenters. The molecule has 1 N–H and O–H groups in total. The third kappa shape index (κ3) is 2.30. The van der Waals surface area contributed by atoms with Crippen molar-refractivity contribution in [3.05, 3.63) is 22.7 Å². The number of aliphatic hydroxyl groups excluding tert-OH is 1. The molecule has 5 nitrogen and oxygen atoms in total. The van der Waals surface area contributed by atoms with Crippen molar-refractivity contribution in [3.63, 3.8) is 0 Å². The van der Waals surface area contributed by atoms with Crippen molar-refractivity contribution in [2.45, 2.75) is 6.10 Å². The summed E-state index contributed by atoms with van der Waals surface area (Å²) in [4.78, 5) is 11.2. The van der Waals surface area contributed by atoms with Gasteiger partial charge in [0.15, 0.2) is 17.6 Å². The number of rotatable bonds is 2. The SMILES string of the molecule is COC(=O)C(O)c1cc2c(cc1Cl)OCCO2. The number of methoxy groups -OCH3 is 1. The van der Waals surface area contributed by atoms with Crippen molar-refractivity contribution in [3.8, 4) is 11.5 Å². The molecule has 1 aliphatic heterocycles. The van der Waals surface area contributed by atoms with Gasteiger partial charge in [0, 0.05) is 11.6 Å². The highest BCUT2D eigenvalue weighted by Gasteiger charge is 2.24. The molecule has 0 bridgehead atoms. The van der Waals surface area contributed by atoms with Gasteiger partial charge in [-0.1, -0.05) is 11.6 Å². The normalized spacial score (nSPS) is 15.2. The van der Waals surface area contributed by atoms with E-state index in [1.54, 1.807) is 0 Å². The van der Waals surface area contributed by atoms with E-state index in [1.165, 1.54) is 19.2 Å². The van der Waals surface area contributed by atoms with Crippen LogP contribution in [-0.4, -0.2) is 31.4 Å². The van der Waals surface area contributed by atoms with Crippen LogP contribution in [-0.2, 0) is 9.53 Å². The highest BCUT2D eigenvalue weighted by Crippen LogP contribution is 2.37. The number of carbonyl (C=O) groups excluding carboxylic acids is 1. The summed E-state index contributed by atoms with van der Waals surface area (Å²) in [6, 6.07) is 3.00. The molecule has 2 rings (SSSR count). The zero-order valence-corrected chi connectivity index (χ0v) is 9.86. The predicted molar refractivity (Wildman–Crippen MR) is 59.4 cm³/mol. The van der Waals surface area contributed by atoms with E-state index in [1.807, 2.05) is 0 Å². The third-order valence-electron chi connectivity index (χ3n) is 2.38. The van der Waals surface area contributed by atoms with Gasteiger partial charge >= 0.3 is 5.97 Å². The highest BCUT2D eigenvalue weighted by molar-refractivity contribution is 6.31. The van der Waals surface area contributed by atoms with E-state index in [9.17, 15) is 9.90 Å². The molecular formula is C11H11ClO5. The first kappa shape index (κ1) is 12.0. The Labute approximate surface area is 103 Å². The molecule has 0 radical (unpaired) electrons. The highest BCUT2D eigenvalue weighted by atomic mass is 35.5. The molecule has 0 fully saturated rings. The minimum Gasteiger partial charge on any atom is -0.486 e. The first-order valence-corrected chi connectivity index (χ1v) is 5.36. The van der Waals surface area contributed by atoms with E-state index in [0.29, 0.717) is 24.7 Å². The zero-order valence-electron chi connectivity index (χ0n) is 9.10. The smallest absolute Gasteiger partial charge is 0.339 e. The van der Waals surface area contributed by atoms with Gasteiger partial charge < -0.3 is 19.3 Å². The summed E-state index contributed by atoms with van der Waals surface area (Å²) in [7, 11) is 1.19. The number of fused-ring (bicyclic) bond motifs is 1. The molecule has 0 spiro atoms.